The van der Waals surface area contributed by atoms with Crippen molar-refractivity contribution in [3.05, 3.63) is 30.1 Å². The first kappa shape index (κ1) is 14.2. The van der Waals surface area contributed by atoms with Gasteiger partial charge in [-0.25, -0.2) is 9.78 Å². The molecule has 0 bridgehead atoms. The van der Waals surface area contributed by atoms with Crippen molar-refractivity contribution >= 4 is 28.7 Å². The molecule has 1 amide bonds. The van der Waals surface area contributed by atoms with Crippen LogP contribution in [0.1, 0.15) is 18.7 Å². The van der Waals surface area contributed by atoms with Crippen LogP contribution in [0.4, 0.5) is 4.79 Å². The number of benzene rings is 1. The molecule has 2 aromatic rings. The smallest absolute Gasteiger partial charge is 0.407 e. The van der Waals surface area contributed by atoms with Crippen molar-refractivity contribution in [1.29, 1.82) is 0 Å². The molecule has 1 aromatic carbocycles. The molecule has 1 atom stereocenters. The van der Waals surface area contributed by atoms with Gasteiger partial charge in [-0.3, -0.25) is 0 Å². The summed E-state index contributed by atoms with van der Waals surface area (Å²) in [5, 5.41) is 9.14. The van der Waals surface area contributed by atoms with E-state index in [-0.39, 0.29) is 0 Å². The van der Waals surface area contributed by atoms with E-state index >= 15 is 0 Å². The van der Waals surface area contributed by atoms with Gasteiger partial charge in [-0.15, -0.1) is 11.6 Å². The van der Waals surface area contributed by atoms with Gasteiger partial charge in [-0.05, 0) is 30.9 Å². The summed E-state index contributed by atoms with van der Waals surface area (Å²) < 4.78 is 2.14. The van der Waals surface area contributed by atoms with Crippen LogP contribution in [0.3, 0.4) is 0 Å². The van der Waals surface area contributed by atoms with E-state index < -0.39 is 6.09 Å². The fraction of sp³-hybridized carbons (Fsp3) is 0.467. The Kier molecular flexibility index (Phi) is 4.01. The molecule has 0 saturated carbocycles. The molecule has 6 heteroatoms. The SMILES string of the molecule is O=C(O)N1CCC[C@@H](Cn2c(CCl)nc3ccccc32)C1. The Balaban J connectivity index is 1.85. The normalized spacial score (nSPS) is 19.1. The number of amides is 1. The van der Waals surface area contributed by atoms with E-state index in [9.17, 15) is 4.79 Å². The third-order valence-electron chi connectivity index (χ3n) is 4.08. The van der Waals surface area contributed by atoms with E-state index in [2.05, 4.69) is 9.55 Å². The highest BCUT2D eigenvalue weighted by atomic mass is 35.5. The average molecular weight is 308 g/mol. The van der Waals surface area contributed by atoms with Crippen molar-refractivity contribution < 1.29 is 9.90 Å². The molecule has 1 aromatic heterocycles. The Bertz CT molecular complexity index is 655. The number of alkyl halides is 1. The predicted molar refractivity (Wildman–Crippen MR) is 81.6 cm³/mol. The average Bonchev–Trinajstić information content (AvgIpc) is 2.86. The summed E-state index contributed by atoms with van der Waals surface area (Å²) in [6.45, 7) is 1.99. The molecular weight excluding hydrogens is 290 g/mol. The molecule has 1 fully saturated rings. The van der Waals surface area contributed by atoms with Crippen LogP contribution in [0.15, 0.2) is 24.3 Å². The summed E-state index contributed by atoms with van der Waals surface area (Å²) in [5.41, 5.74) is 2.01. The second kappa shape index (κ2) is 5.93. The standard InChI is InChI=1S/C15H18ClN3O2/c16-8-14-17-12-5-1-2-6-13(12)19(14)10-11-4-3-7-18(9-11)15(20)21/h1-2,5-6,11H,3-4,7-10H2,(H,20,21)/t11-/m1/s1. The number of carbonyl (C=O) groups is 1. The maximum atomic E-state index is 11.1. The lowest BCUT2D eigenvalue weighted by atomic mass is 9.98. The summed E-state index contributed by atoms with van der Waals surface area (Å²) >= 11 is 6.01. The van der Waals surface area contributed by atoms with Gasteiger partial charge < -0.3 is 14.6 Å². The van der Waals surface area contributed by atoms with Crippen LogP contribution < -0.4 is 0 Å². The fourth-order valence-electron chi connectivity index (χ4n) is 3.08. The van der Waals surface area contributed by atoms with Crippen LogP contribution in [0.5, 0.6) is 0 Å². The van der Waals surface area contributed by atoms with Crippen molar-refractivity contribution in [2.45, 2.75) is 25.3 Å². The minimum Gasteiger partial charge on any atom is -0.465 e. The van der Waals surface area contributed by atoms with Crippen molar-refractivity contribution in [3.63, 3.8) is 0 Å². The van der Waals surface area contributed by atoms with Gasteiger partial charge in [0.1, 0.15) is 5.82 Å². The summed E-state index contributed by atoms with van der Waals surface area (Å²) in [5.74, 6) is 1.53. The second-order valence-electron chi connectivity index (χ2n) is 5.50. The highest BCUT2D eigenvalue weighted by Gasteiger charge is 2.24. The summed E-state index contributed by atoms with van der Waals surface area (Å²) in [6.07, 6.45) is 1.13. The number of fused-ring (bicyclic) bond motifs is 1. The number of hydrogen-bond acceptors (Lipinski definition) is 2. The molecule has 5 nitrogen and oxygen atoms in total. The van der Waals surface area contributed by atoms with E-state index in [1.807, 2.05) is 24.3 Å². The van der Waals surface area contributed by atoms with Crippen molar-refractivity contribution in [2.75, 3.05) is 13.1 Å². The minimum absolute atomic E-state index is 0.314. The van der Waals surface area contributed by atoms with Crippen LogP contribution in [0.2, 0.25) is 0 Å². The molecule has 0 unspecified atom stereocenters. The van der Waals surface area contributed by atoms with Gasteiger partial charge in [0.05, 0.1) is 16.9 Å². The lowest BCUT2D eigenvalue weighted by molar-refractivity contribution is 0.116. The van der Waals surface area contributed by atoms with Gasteiger partial charge >= 0.3 is 6.09 Å². The third-order valence-corrected chi connectivity index (χ3v) is 4.32. The Morgan fingerprint density at radius 2 is 2.24 bits per heavy atom. The highest BCUT2D eigenvalue weighted by molar-refractivity contribution is 6.16. The number of likely N-dealkylation sites (tertiary alicyclic amines) is 1. The van der Waals surface area contributed by atoms with Crippen LogP contribution >= 0.6 is 11.6 Å². The molecule has 1 aliphatic heterocycles. The number of rotatable bonds is 3. The van der Waals surface area contributed by atoms with Crippen LogP contribution in [0.25, 0.3) is 11.0 Å². The van der Waals surface area contributed by atoms with Crippen LogP contribution in [-0.4, -0.2) is 38.7 Å². The Labute approximate surface area is 128 Å². The zero-order valence-corrected chi connectivity index (χ0v) is 12.5. The molecule has 1 N–H and O–H groups in total. The quantitative estimate of drug-likeness (QED) is 0.886. The van der Waals surface area contributed by atoms with E-state index in [1.54, 1.807) is 0 Å². The first-order chi connectivity index (χ1) is 10.2. The number of imidazole rings is 1. The maximum Gasteiger partial charge on any atom is 0.407 e. The second-order valence-corrected chi connectivity index (χ2v) is 5.77. The van der Waals surface area contributed by atoms with E-state index in [0.29, 0.717) is 24.9 Å². The largest absolute Gasteiger partial charge is 0.465 e. The topological polar surface area (TPSA) is 58.4 Å². The summed E-state index contributed by atoms with van der Waals surface area (Å²) in [6, 6.07) is 7.97. The van der Waals surface area contributed by atoms with Gasteiger partial charge in [0.2, 0.25) is 0 Å². The van der Waals surface area contributed by atoms with Gasteiger partial charge in [-0.2, -0.15) is 0 Å². The van der Waals surface area contributed by atoms with Gasteiger partial charge in [-0.1, -0.05) is 12.1 Å². The highest BCUT2D eigenvalue weighted by Crippen LogP contribution is 2.23. The lowest BCUT2D eigenvalue weighted by Crippen LogP contribution is -2.40. The molecular formula is C15H18ClN3O2. The molecule has 0 aliphatic carbocycles. The molecule has 0 spiro atoms. The number of carboxylic acid groups (broad SMARTS) is 1. The molecule has 1 saturated heterocycles. The summed E-state index contributed by atoms with van der Waals surface area (Å²) in [7, 11) is 0. The number of hydrogen-bond donors (Lipinski definition) is 1. The van der Waals surface area contributed by atoms with E-state index in [4.69, 9.17) is 16.7 Å². The Morgan fingerprint density at radius 1 is 1.43 bits per heavy atom. The zero-order chi connectivity index (χ0) is 14.8. The number of para-hydroxylation sites is 2. The first-order valence-electron chi connectivity index (χ1n) is 7.17. The molecule has 112 valence electrons. The monoisotopic (exact) mass is 307 g/mol. The van der Waals surface area contributed by atoms with Crippen molar-refractivity contribution in [2.24, 2.45) is 5.92 Å². The summed E-state index contributed by atoms with van der Waals surface area (Å²) in [4.78, 5) is 17.2. The van der Waals surface area contributed by atoms with Crippen LogP contribution in [-0.2, 0) is 12.4 Å². The molecule has 1 aliphatic rings. The number of halogens is 1. The number of aromatic nitrogens is 2. The zero-order valence-electron chi connectivity index (χ0n) is 11.7. The number of nitrogens with zero attached hydrogens (tertiary/aromatic N) is 3. The maximum absolute atomic E-state index is 11.1. The molecule has 3 rings (SSSR count). The van der Waals surface area contributed by atoms with Gasteiger partial charge in [0.15, 0.2) is 0 Å². The van der Waals surface area contributed by atoms with E-state index in [0.717, 1.165) is 36.2 Å². The van der Waals surface area contributed by atoms with Crippen molar-refractivity contribution in [3.8, 4) is 0 Å². The Morgan fingerprint density at radius 3 is 3.00 bits per heavy atom. The van der Waals surface area contributed by atoms with Gasteiger partial charge in [0.25, 0.3) is 0 Å². The van der Waals surface area contributed by atoms with Crippen LogP contribution in [0, 0.1) is 5.92 Å². The Hall–Kier alpha value is -1.75. The minimum atomic E-state index is -0.826. The molecule has 2 heterocycles. The predicted octanol–water partition coefficient (Wildman–Crippen LogP) is 3.17. The molecule has 21 heavy (non-hydrogen) atoms. The number of piperidine rings is 1. The lowest BCUT2D eigenvalue weighted by Gasteiger charge is -2.31. The fourth-order valence-corrected chi connectivity index (χ4v) is 3.28. The van der Waals surface area contributed by atoms with E-state index in [1.165, 1.54) is 4.90 Å². The third kappa shape index (κ3) is 2.83. The van der Waals surface area contributed by atoms with Gasteiger partial charge in [0, 0.05) is 19.6 Å². The first-order valence-corrected chi connectivity index (χ1v) is 7.70. The molecule has 0 radical (unpaired) electrons. The van der Waals surface area contributed by atoms with Crippen molar-refractivity contribution in [1.82, 2.24) is 14.5 Å².